The fourth-order valence-electron chi connectivity index (χ4n) is 3.89. The monoisotopic (exact) mass is 351 g/mol. The molecule has 2 aliphatic rings. The van der Waals surface area contributed by atoms with Gasteiger partial charge < -0.3 is 14.7 Å². The van der Waals surface area contributed by atoms with Gasteiger partial charge in [0.25, 0.3) is 5.91 Å². The molecule has 3 amide bonds. The van der Waals surface area contributed by atoms with Crippen molar-refractivity contribution in [1.29, 1.82) is 0 Å². The van der Waals surface area contributed by atoms with Crippen LogP contribution >= 0.6 is 0 Å². The topological polar surface area (TPSA) is 43.9 Å². The number of benzene rings is 2. The average Bonchev–Trinajstić information content (AvgIpc) is 2.73. The van der Waals surface area contributed by atoms with Crippen LogP contribution in [0.1, 0.15) is 29.6 Å². The molecule has 0 aliphatic carbocycles. The van der Waals surface area contributed by atoms with Gasteiger partial charge in [-0.05, 0) is 42.2 Å². The molecule has 5 heteroatoms. The molecule has 2 heterocycles. The summed E-state index contributed by atoms with van der Waals surface area (Å²) in [4.78, 5) is 31.2. The van der Waals surface area contributed by atoms with Crippen LogP contribution in [0.3, 0.4) is 0 Å². The Kier molecular flexibility index (Phi) is 4.78. The molecule has 0 radical (unpaired) electrons. The lowest BCUT2D eigenvalue weighted by Crippen LogP contribution is -2.54. The van der Waals surface area contributed by atoms with Crippen molar-refractivity contribution < 1.29 is 9.59 Å². The van der Waals surface area contributed by atoms with Crippen LogP contribution in [0.15, 0.2) is 42.5 Å². The molecule has 0 unspecified atom stereocenters. The maximum absolute atomic E-state index is 12.8. The second kappa shape index (κ2) is 7.36. The van der Waals surface area contributed by atoms with E-state index in [-0.39, 0.29) is 11.9 Å². The molecule has 0 saturated carbocycles. The van der Waals surface area contributed by atoms with Gasteiger partial charge in [0, 0.05) is 44.8 Å². The van der Waals surface area contributed by atoms with Gasteiger partial charge in [0.15, 0.2) is 0 Å². The van der Waals surface area contributed by atoms with Gasteiger partial charge in [0.05, 0.1) is 0 Å². The summed E-state index contributed by atoms with van der Waals surface area (Å²) in [5.41, 5.74) is 0.722. The standard InChI is InChI=1S/C21H25N3O2/c25-20(19-9-8-17-6-2-3-7-18(17)16-19)22-12-14-24(15-13-22)21(26)23-10-4-1-5-11-23/h2-3,6-9,16H,1,4-5,10-15H2. The zero-order valence-electron chi connectivity index (χ0n) is 15.1. The number of amides is 3. The molecule has 2 saturated heterocycles. The van der Waals surface area contributed by atoms with Crippen molar-refractivity contribution in [3.63, 3.8) is 0 Å². The highest BCUT2D eigenvalue weighted by molar-refractivity contribution is 5.98. The van der Waals surface area contributed by atoms with Gasteiger partial charge >= 0.3 is 6.03 Å². The van der Waals surface area contributed by atoms with E-state index in [4.69, 9.17) is 0 Å². The van der Waals surface area contributed by atoms with Crippen LogP contribution < -0.4 is 0 Å². The molecule has 0 aromatic heterocycles. The number of carbonyl (C=O) groups excluding carboxylic acids is 2. The van der Waals surface area contributed by atoms with Crippen LogP contribution in [0.4, 0.5) is 4.79 Å². The summed E-state index contributed by atoms with van der Waals surface area (Å²) in [6, 6.07) is 14.1. The third-order valence-electron chi connectivity index (χ3n) is 5.46. The first-order valence-electron chi connectivity index (χ1n) is 9.54. The van der Waals surface area contributed by atoms with Crippen LogP contribution in [0, 0.1) is 0 Å². The Morgan fingerprint density at radius 2 is 1.27 bits per heavy atom. The highest BCUT2D eigenvalue weighted by Gasteiger charge is 2.28. The Bertz CT molecular complexity index is 806. The summed E-state index contributed by atoms with van der Waals surface area (Å²) in [5, 5.41) is 2.22. The second-order valence-electron chi connectivity index (χ2n) is 7.17. The van der Waals surface area contributed by atoms with Crippen LogP contribution in [0.25, 0.3) is 10.8 Å². The first kappa shape index (κ1) is 16.9. The smallest absolute Gasteiger partial charge is 0.320 e. The number of urea groups is 1. The fraction of sp³-hybridized carbons (Fsp3) is 0.429. The second-order valence-corrected chi connectivity index (χ2v) is 7.17. The Morgan fingerprint density at radius 1 is 0.654 bits per heavy atom. The summed E-state index contributed by atoms with van der Waals surface area (Å²) < 4.78 is 0. The molecule has 0 atom stereocenters. The van der Waals surface area contributed by atoms with Crippen molar-refractivity contribution in [3.05, 3.63) is 48.0 Å². The number of piperazine rings is 1. The van der Waals surface area contributed by atoms with Crippen LogP contribution in [0.2, 0.25) is 0 Å². The minimum atomic E-state index is 0.0563. The summed E-state index contributed by atoms with van der Waals surface area (Å²) in [5.74, 6) is 0.0563. The van der Waals surface area contributed by atoms with Gasteiger partial charge in [-0.15, -0.1) is 0 Å². The average molecular weight is 351 g/mol. The van der Waals surface area contributed by atoms with E-state index in [1.165, 1.54) is 6.42 Å². The van der Waals surface area contributed by atoms with E-state index in [9.17, 15) is 9.59 Å². The predicted molar refractivity (Wildman–Crippen MR) is 102 cm³/mol. The molecule has 26 heavy (non-hydrogen) atoms. The number of nitrogens with zero attached hydrogens (tertiary/aromatic N) is 3. The van der Waals surface area contributed by atoms with Crippen molar-refractivity contribution in [2.24, 2.45) is 0 Å². The summed E-state index contributed by atoms with van der Waals surface area (Å²) >= 11 is 0. The fourth-order valence-corrected chi connectivity index (χ4v) is 3.89. The quantitative estimate of drug-likeness (QED) is 0.792. The summed E-state index contributed by atoms with van der Waals surface area (Å²) in [7, 11) is 0. The molecule has 2 aromatic carbocycles. The van der Waals surface area contributed by atoms with Crippen LogP contribution in [0.5, 0.6) is 0 Å². The van der Waals surface area contributed by atoms with Crippen molar-refractivity contribution in [2.45, 2.75) is 19.3 Å². The number of fused-ring (bicyclic) bond motifs is 1. The molecular weight excluding hydrogens is 326 g/mol. The Balaban J connectivity index is 1.39. The number of hydrogen-bond acceptors (Lipinski definition) is 2. The lowest BCUT2D eigenvalue weighted by atomic mass is 10.1. The van der Waals surface area contributed by atoms with Gasteiger partial charge in [0.1, 0.15) is 0 Å². The normalized spacial score (nSPS) is 18.2. The zero-order chi connectivity index (χ0) is 17.9. The van der Waals surface area contributed by atoms with E-state index in [1.54, 1.807) is 0 Å². The molecule has 4 rings (SSSR count). The van der Waals surface area contributed by atoms with Gasteiger partial charge in [-0.2, -0.15) is 0 Å². The molecule has 0 bridgehead atoms. The molecule has 2 fully saturated rings. The first-order chi connectivity index (χ1) is 12.7. The number of rotatable bonds is 1. The zero-order valence-corrected chi connectivity index (χ0v) is 15.1. The number of likely N-dealkylation sites (tertiary alicyclic amines) is 1. The van der Waals surface area contributed by atoms with E-state index in [0.29, 0.717) is 26.2 Å². The predicted octanol–water partition coefficient (Wildman–Crippen LogP) is 3.20. The number of piperidine rings is 1. The Morgan fingerprint density at radius 3 is 2.00 bits per heavy atom. The lowest BCUT2D eigenvalue weighted by molar-refractivity contribution is 0.0633. The Hall–Kier alpha value is -2.56. The van der Waals surface area contributed by atoms with E-state index in [2.05, 4.69) is 6.07 Å². The largest absolute Gasteiger partial charge is 0.335 e. The van der Waals surface area contributed by atoms with Crippen molar-refractivity contribution >= 4 is 22.7 Å². The molecule has 0 N–H and O–H groups in total. The van der Waals surface area contributed by atoms with E-state index < -0.39 is 0 Å². The molecular formula is C21H25N3O2. The highest BCUT2D eigenvalue weighted by Crippen LogP contribution is 2.18. The number of hydrogen-bond donors (Lipinski definition) is 0. The lowest BCUT2D eigenvalue weighted by Gasteiger charge is -2.38. The van der Waals surface area contributed by atoms with Crippen molar-refractivity contribution in [1.82, 2.24) is 14.7 Å². The third kappa shape index (κ3) is 3.39. The highest BCUT2D eigenvalue weighted by atomic mass is 16.2. The number of carbonyl (C=O) groups is 2. The first-order valence-corrected chi connectivity index (χ1v) is 9.54. The molecule has 5 nitrogen and oxygen atoms in total. The van der Waals surface area contributed by atoms with Crippen molar-refractivity contribution in [3.8, 4) is 0 Å². The van der Waals surface area contributed by atoms with E-state index >= 15 is 0 Å². The molecule has 136 valence electrons. The minimum Gasteiger partial charge on any atom is -0.335 e. The summed E-state index contributed by atoms with van der Waals surface area (Å²) in [6.07, 6.45) is 3.43. The van der Waals surface area contributed by atoms with Crippen LogP contribution in [-0.4, -0.2) is 65.9 Å². The maximum Gasteiger partial charge on any atom is 0.320 e. The van der Waals surface area contributed by atoms with Gasteiger partial charge in [-0.1, -0.05) is 30.3 Å². The summed E-state index contributed by atoms with van der Waals surface area (Å²) in [6.45, 7) is 4.18. The van der Waals surface area contributed by atoms with Gasteiger partial charge in [0.2, 0.25) is 0 Å². The third-order valence-corrected chi connectivity index (χ3v) is 5.46. The molecule has 2 aromatic rings. The van der Waals surface area contributed by atoms with E-state index in [0.717, 1.165) is 42.3 Å². The van der Waals surface area contributed by atoms with Gasteiger partial charge in [-0.3, -0.25) is 4.79 Å². The molecule has 0 spiro atoms. The minimum absolute atomic E-state index is 0.0563. The Labute approximate surface area is 154 Å². The van der Waals surface area contributed by atoms with E-state index in [1.807, 2.05) is 51.1 Å². The molecule has 2 aliphatic heterocycles. The van der Waals surface area contributed by atoms with Crippen molar-refractivity contribution in [2.75, 3.05) is 39.3 Å². The maximum atomic E-state index is 12.8. The van der Waals surface area contributed by atoms with Crippen LogP contribution in [-0.2, 0) is 0 Å². The SMILES string of the molecule is O=C(c1ccc2ccccc2c1)N1CCN(C(=O)N2CCCCC2)CC1. The van der Waals surface area contributed by atoms with Gasteiger partial charge in [-0.25, -0.2) is 4.79 Å².